The number of hydrogen-bond donors (Lipinski definition) is 2. The van der Waals surface area contributed by atoms with E-state index in [4.69, 9.17) is 4.74 Å². The predicted molar refractivity (Wildman–Crippen MR) is 95.5 cm³/mol. The van der Waals surface area contributed by atoms with E-state index in [1.54, 1.807) is 24.4 Å². The molecular weight excluding hydrogens is 316 g/mol. The molecule has 1 saturated heterocycles. The van der Waals surface area contributed by atoms with Crippen LogP contribution in [0.5, 0.6) is 0 Å². The van der Waals surface area contributed by atoms with Gasteiger partial charge in [0.1, 0.15) is 18.8 Å². The van der Waals surface area contributed by atoms with Crippen LogP contribution < -0.4 is 10.3 Å². The van der Waals surface area contributed by atoms with Gasteiger partial charge in [0.25, 0.3) is 5.91 Å². The third kappa shape index (κ3) is 4.49. The van der Waals surface area contributed by atoms with Crippen LogP contribution in [0.4, 0.5) is 0 Å². The van der Waals surface area contributed by atoms with Crippen molar-refractivity contribution in [2.75, 3.05) is 26.3 Å². The molecule has 0 unspecified atom stereocenters. The van der Waals surface area contributed by atoms with Crippen molar-refractivity contribution in [2.24, 2.45) is 5.10 Å². The fraction of sp³-hybridized carbons (Fsp3) is 0.316. The number of benzene rings is 1. The highest BCUT2D eigenvalue weighted by atomic mass is 16.5. The molecule has 0 spiro atoms. The zero-order chi connectivity index (χ0) is 17.5. The minimum absolute atomic E-state index is 0.0918. The molecule has 130 valence electrons. The van der Waals surface area contributed by atoms with E-state index >= 15 is 0 Å². The highest BCUT2D eigenvalue weighted by Gasteiger charge is 2.29. The maximum Gasteiger partial charge on any atom is 0.289 e. The van der Waals surface area contributed by atoms with Crippen LogP contribution in [0.1, 0.15) is 29.0 Å². The highest BCUT2D eigenvalue weighted by Crippen LogP contribution is 2.12. The summed E-state index contributed by atoms with van der Waals surface area (Å²) in [7, 11) is 0. The number of rotatable bonds is 5. The molecule has 2 heterocycles. The fourth-order valence-corrected chi connectivity index (χ4v) is 3.10. The van der Waals surface area contributed by atoms with Crippen LogP contribution in [0.25, 0.3) is 0 Å². The van der Waals surface area contributed by atoms with Gasteiger partial charge in [-0.15, -0.1) is 0 Å². The summed E-state index contributed by atoms with van der Waals surface area (Å²) in [5, 5.41) is 4.37. The van der Waals surface area contributed by atoms with Crippen molar-refractivity contribution in [3.05, 3.63) is 66.0 Å². The van der Waals surface area contributed by atoms with Gasteiger partial charge in [-0.25, -0.2) is 5.43 Å². The Labute approximate surface area is 147 Å². The molecule has 6 nitrogen and oxygen atoms in total. The molecule has 6 heteroatoms. The molecule has 1 aromatic carbocycles. The highest BCUT2D eigenvalue weighted by molar-refractivity contribution is 5.94. The number of carbonyl (C=O) groups is 1. The van der Waals surface area contributed by atoms with Gasteiger partial charge in [0.15, 0.2) is 6.04 Å². The lowest BCUT2D eigenvalue weighted by Crippen LogP contribution is -3.15. The third-order valence-electron chi connectivity index (χ3n) is 4.33. The van der Waals surface area contributed by atoms with Crippen LogP contribution in [0.3, 0.4) is 0 Å². The first-order valence-electron chi connectivity index (χ1n) is 8.48. The van der Waals surface area contributed by atoms with E-state index in [0.717, 1.165) is 32.0 Å². The van der Waals surface area contributed by atoms with Gasteiger partial charge in [-0.2, -0.15) is 5.10 Å². The van der Waals surface area contributed by atoms with E-state index in [9.17, 15) is 4.79 Å². The fourth-order valence-electron chi connectivity index (χ4n) is 3.10. The molecular formula is C19H23N4O2+. The van der Waals surface area contributed by atoms with Crippen LogP contribution in [-0.4, -0.2) is 42.9 Å². The van der Waals surface area contributed by atoms with E-state index in [1.807, 2.05) is 25.1 Å². The number of aromatic nitrogens is 1. The number of hydrogen-bond acceptors (Lipinski definition) is 4. The molecule has 3 rings (SSSR count). The maximum absolute atomic E-state index is 12.2. The average molecular weight is 339 g/mol. The summed E-state index contributed by atoms with van der Waals surface area (Å²) in [5.74, 6) is -0.302. The Morgan fingerprint density at radius 3 is 2.56 bits per heavy atom. The molecule has 25 heavy (non-hydrogen) atoms. The van der Waals surface area contributed by atoms with Gasteiger partial charge in [0.2, 0.25) is 0 Å². The van der Waals surface area contributed by atoms with Gasteiger partial charge in [-0.3, -0.25) is 9.78 Å². The summed E-state index contributed by atoms with van der Waals surface area (Å²) in [6.07, 6.45) is 1.59. The van der Waals surface area contributed by atoms with Crippen molar-refractivity contribution in [3.63, 3.8) is 0 Å². The van der Waals surface area contributed by atoms with E-state index in [1.165, 1.54) is 10.5 Å². The molecule has 1 fully saturated rings. The van der Waals surface area contributed by atoms with Crippen molar-refractivity contribution in [3.8, 4) is 0 Å². The van der Waals surface area contributed by atoms with Crippen LogP contribution in [0.15, 0.2) is 59.8 Å². The smallest absolute Gasteiger partial charge is 0.289 e. The SMILES string of the molecule is C/C(=N/NC(=O)c1ccccn1)[C@H](c1ccccc1)[NH+]1CCOCC1. The topological polar surface area (TPSA) is 68.0 Å². The summed E-state index contributed by atoms with van der Waals surface area (Å²) >= 11 is 0. The first-order chi connectivity index (χ1) is 12.3. The third-order valence-corrected chi connectivity index (χ3v) is 4.33. The lowest BCUT2D eigenvalue weighted by Gasteiger charge is -2.31. The minimum Gasteiger partial charge on any atom is -0.370 e. The van der Waals surface area contributed by atoms with Crippen molar-refractivity contribution < 1.29 is 14.4 Å². The summed E-state index contributed by atoms with van der Waals surface area (Å²) in [6.45, 7) is 5.28. The Morgan fingerprint density at radius 2 is 1.88 bits per heavy atom. The van der Waals surface area contributed by atoms with Crippen molar-refractivity contribution >= 4 is 11.6 Å². The lowest BCUT2D eigenvalue weighted by molar-refractivity contribution is -0.928. The Balaban J connectivity index is 1.78. The summed E-state index contributed by atoms with van der Waals surface area (Å²) in [4.78, 5) is 17.6. The standard InChI is InChI=1S/C19H22N4O2/c1-15(21-22-19(24)17-9-5-6-10-20-17)18(16-7-3-2-4-8-16)23-11-13-25-14-12-23/h2-10,18H,11-14H2,1H3,(H,22,24)/p+1/b21-15-/t18-/m1/s1. The molecule has 1 aromatic heterocycles. The Hall–Kier alpha value is -2.57. The second kappa shape index (κ2) is 8.50. The average Bonchev–Trinajstić information content (AvgIpc) is 2.69. The van der Waals surface area contributed by atoms with Crippen molar-refractivity contribution in [1.82, 2.24) is 10.4 Å². The molecule has 1 atom stereocenters. The number of carbonyl (C=O) groups excluding carboxylic acids is 1. The molecule has 1 aliphatic heterocycles. The monoisotopic (exact) mass is 339 g/mol. The number of quaternary nitrogens is 1. The molecule has 0 bridgehead atoms. The molecule has 0 radical (unpaired) electrons. The van der Waals surface area contributed by atoms with Crippen LogP contribution in [-0.2, 0) is 4.74 Å². The number of amides is 1. The van der Waals surface area contributed by atoms with E-state index in [2.05, 4.69) is 27.6 Å². The number of nitrogens with zero attached hydrogens (tertiary/aromatic N) is 2. The summed E-state index contributed by atoms with van der Waals surface area (Å²) < 4.78 is 5.48. The minimum atomic E-state index is -0.302. The normalized spacial score (nSPS) is 17.1. The largest absolute Gasteiger partial charge is 0.370 e. The van der Waals surface area contributed by atoms with Gasteiger partial charge in [-0.1, -0.05) is 36.4 Å². The second-order valence-electron chi connectivity index (χ2n) is 6.02. The first-order valence-corrected chi connectivity index (χ1v) is 8.48. The molecule has 0 saturated carbocycles. The van der Waals surface area contributed by atoms with E-state index in [-0.39, 0.29) is 11.9 Å². The molecule has 1 amide bonds. The van der Waals surface area contributed by atoms with Crippen molar-refractivity contribution in [2.45, 2.75) is 13.0 Å². The van der Waals surface area contributed by atoms with Crippen molar-refractivity contribution in [1.29, 1.82) is 0 Å². The van der Waals surface area contributed by atoms with Gasteiger partial charge in [0, 0.05) is 11.8 Å². The molecule has 2 aromatic rings. The number of morpholine rings is 1. The van der Waals surface area contributed by atoms with Crippen LogP contribution >= 0.6 is 0 Å². The quantitative estimate of drug-likeness (QED) is 0.627. The van der Waals surface area contributed by atoms with Gasteiger partial charge in [0.05, 0.1) is 18.9 Å². The van der Waals surface area contributed by atoms with Gasteiger partial charge >= 0.3 is 0 Å². The predicted octanol–water partition coefficient (Wildman–Crippen LogP) is 0.844. The molecule has 2 N–H and O–H groups in total. The maximum atomic E-state index is 12.2. The summed E-state index contributed by atoms with van der Waals surface area (Å²) in [6, 6.07) is 15.6. The second-order valence-corrected chi connectivity index (χ2v) is 6.02. The van der Waals surface area contributed by atoms with E-state index < -0.39 is 0 Å². The number of hydrazone groups is 1. The van der Waals surface area contributed by atoms with Gasteiger partial charge < -0.3 is 9.64 Å². The van der Waals surface area contributed by atoms with E-state index in [0.29, 0.717) is 5.69 Å². The number of nitrogens with one attached hydrogen (secondary N) is 2. The Morgan fingerprint density at radius 1 is 1.16 bits per heavy atom. The zero-order valence-corrected chi connectivity index (χ0v) is 14.3. The molecule has 0 aliphatic carbocycles. The van der Waals surface area contributed by atoms with Crippen LogP contribution in [0, 0.1) is 0 Å². The summed E-state index contributed by atoms with van der Waals surface area (Å²) in [5.41, 5.74) is 5.04. The lowest BCUT2D eigenvalue weighted by atomic mass is 10.0. The zero-order valence-electron chi connectivity index (χ0n) is 14.3. The first kappa shape index (κ1) is 17.3. The Bertz CT molecular complexity index is 713. The molecule has 1 aliphatic rings. The van der Waals surface area contributed by atoms with Gasteiger partial charge in [-0.05, 0) is 19.1 Å². The number of pyridine rings is 1. The number of ether oxygens (including phenoxy) is 1. The Kier molecular flexibility index (Phi) is 5.87. The van der Waals surface area contributed by atoms with Crippen LogP contribution in [0.2, 0.25) is 0 Å².